The van der Waals surface area contributed by atoms with Gasteiger partial charge in [-0.15, -0.1) is 0 Å². The van der Waals surface area contributed by atoms with Gasteiger partial charge in [0.1, 0.15) is 24.3 Å². The van der Waals surface area contributed by atoms with Gasteiger partial charge in [-0.1, -0.05) is 31.0 Å². The normalized spacial score (nSPS) is 12.1. The van der Waals surface area contributed by atoms with Crippen LogP contribution in [0.1, 0.15) is 85.9 Å². The molecular weight excluding hydrogens is 678 g/mol. The van der Waals surface area contributed by atoms with Crippen LogP contribution in [0.3, 0.4) is 0 Å². The van der Waals surface area contributed by atoms with Crippen LogP contribution in [0.4, 0.5) is 5.69 Å². The highest BCUT2D eigenvalue weighted by atomic mass is 16.5. The number of aliphatic carboxylic acids is 1. The van der Waals surface area contributed by atoms with E-state index in [1.54, 1.807) is 42.1 Å². The third-order valence-corrected chi connectivity index (χ3v) is 8.27. The largest absolute Gasteiger partial charge is 0.494 e. The SMILES string of the molecule is C[C@@H](NC(=O)c1cccc(NCC(N)=[N+](C)C(=N)c2ccncn2)c1)c1cccc(OCCCCCCOCCOCCOCCCCCC(=O)O)c1. The second kappa shape index (κ2) is 25.1. The number of hydrogen-bond donors (Lipinski definition) is 5. The molecule has 0 radical (unpaired) electrons. The second-order valence-electron chi connectivity index (χ2n) is 12.5. The van der Waals surface area contributed by atoms with E-state index in [2.05, 4.69) is 20.6 Å². The van der Waals surface area contributed by atoms with Gasteiger partial charge in [-0.3, -0.25) is 9.59 Å². The minimum Gasteiger partial charge on any atom is -0.494 e. The molecule has 0 aliphatic carbocycles. The molecule has 14 heteroatoms. The third kappa shape index (κ3) is 17.4. The maximum absolute atomic E-state index is 13.1. The Morgan fingerprint density at radius 3 is 2.21 bits per heavy atom. The summed E-state index contributed by atoms with van der Waals surface area (Å²) in [6.45, 7) is 6.31. The van der Waals surface area contributed by atoms with Crippen LogP contribution in [0.15, 0.2) is 67.1 Å². The highest BCUT2D eigenvalue weighted by Crippen LogP contribution is 2.21. The topological polar surface area (TPSA) is 194 Å². The van der Waals surface area contributed by atoms with Crippen molar-refractivity contribution >= 4 is 29.2 Å². The molecule has 0 unspecified atom stereocenters. The van der Waals surface area contributed by atoms with Gasteiger partial charge in [0.25, 0.3) is 11.7 Å². The van der Waals surface area contributed by atoms with Crippen LogP contribution in [-0.2, 0) is 19.0 Å². The van der Waals surface area contributed by atoms with Crippen LogP contribution < -0.4 is 21.1 Å². The Morgan fingerprint density at radius 2 is 1.53 bits per heavy atom. The zero-order chi connectivity index (χ0) is 38.1. The number of carboxylic acid groups (broad SMARTS) is 1. The number of nitrogens with one attached hydrogen (secondary N) is 3. The number of amidine groups is 2. The summed E-state index contributed by atoms with van der Waals surface area (Å²) in [6, 6.07) is 16.4. The zero-order valence-corrected chi connectivity index (χ0v) is 31.1. The van der Waals surface area contributed by atoms with E-state index in [9.17, 15) is 9.59 Å². The van der Waals surface area contributed by atoms with E-state index in [-0.39, 0.29) is 30.8 Å². The van der Waals surface area contributed by atoms with Gasteiger partial charge in [-0.2, -0.15) is 5.41 Å². The van der Waals surface area contributed by atoms with Crippen molar-refractivity contribution in [3.63, 3.8) is 0 Å². The summed E-state index contributed by atoms with van der Waals surface area (Å²) >= 11 is 0. The monoisotopic (exact) mass is 734 g/mol. The van der Waals surface area contributed by atoms with Crippen LogP contribution in [0.5, 0.6) is 5.75 Å². The Hall–Kier alpha value is -4.92. The standard InChI is InChI=1S/C39H55N7O7/c1-30(45-39(49)32-13-10-14-33(26-32)43-28-36(40)46(2)38(41)35-17-18-42-29-44-35)31-12-11-15-34(27-31)53-21-9-4-3-7-19-50-22-24-52-25-23-51-20-8-5-6-16-37(47)48/h10-15,17-18,26-27,29-30,40-41,43H,3-9,16,19-25,28H2,1-2H3,(H2,45,47,48,49)/p+1/t30-/m1/s1. The molecule has 1 amide bonds. The predicted molar refractivity (Wildman–Crippen MR) is 204 cm³/mol. The summed E-state index contributed by atoms with van der Waals surface area (Å²) in [5, 5.41) is 23.3. The van der Waals surface area contributed by atoms with Crippen molar-refractivity contribution in [3.05, 3.63) is 83.9 Å². The highest BCUT2D eigenvalue weighted by molar-refractivity contribution is 5.96. The van der Waals surface area contributed by atoms with Crippen LogP contribution in [0.2, 0.25) is 0 Å². The number of anilines is 1. The first-order valence-electron chi connectivity index (χ1n) is 18.3. The molecule has 0 spiro atoms. The summed E-state index contributed by atoms with van der Waals surface area (Å²) in [4.78, 5) is 31.6. The molecule has 2 aromatic carbocycles. The Labute approximate surface area is 312 Å². The van der Waals surface area contributed by atoms with Gasteiger partial charge < -0.3 is 40.4 Å². The van der Waals surface area contributed by atoms with E-state index in [0.717, 1.165) is 55.5 Å². The molecule has 288 valence electrons. The number of hydrogen-bond acceptors (Lipinski definition) is 10. The molecule has 0 bridgehead atoms. The van der Waals surface area contributed by atoms with Gasteiger partial charge in [-0.05, 0) is 81.0 Å². The molecular formula is C39H56N7O7+. The van der Waals surface area contributed by atoms with E-state index >= 15 is 0 Å². The average molecular weight is 735 g/mol. The number of ether oxygens (including phenoxy) is 4. The number of unbranched alkanes of at least 4 members (excludes halogenated alkanes) is 5. The maximum atomic E-state index is 13.1. The first kappa shape index (κ1) is 42.5. The summed E-state index contributed by atoms with van der Waals surface area (Å²) in [5.74, 6) is 0.390. The molecule has 53 heavy (non-hydrogen) atoms. The van der Waals surface area contributed by atoms with Gasteiger partial charge >= 0.3 is 5.97 Å². The number of nitrogens with two attached hydrogens (primary N) is 1. The number of carboxylic acids is 1. The van der Waals surface area contributed by atoms with E-state index in [4.69, 9.17) is 35.2 Å². The average Bonchev–Trinajstić information content (AvgIpc) is 3.17. The lowest BCUT2D eigenvalue weighted by Crippen LogP contribution is -2.36. The maximum Gasteiger partial charge on any atom is 0.303 e. The molecule has 3 rings (SSSR count). The van der Waals surface area contributed by atoms with Gasteiger partial charge in [0.2, 0.25) is 5.84 Å². The van der Waals surface area contributed by atoms with Crippen molar-refractivity contribution in [3.8, 4) is 5.75 Å². The molecule has 1 atom stereocenters. The van der Waals surface area contributed by atoms with Crippen molar-refractivity contribution in [2.24, 2.45) is 5.73 Å². The molecule has 0 aliphatic rings. The molecule has 3 aromatic rings. The Bertz CT molecular complexity index is 1570. The highest BCUT2D eigenvalue weighted by Gasteiger charge is 2.15. The molecule has 14 nitrogen and oxygen atoms in total. The van der Waals surface area contributed by atoms with Crippen LogP contribution in [0, 0.1) is 5.41 Å². The van der Waals surface area contributed by atoms with E-state index in [0.29, 0.717) is 69.8 Å². The number of aromatic nitrogens is 2. The number of carbonyl (C=O) groups excluding carboxylic acids is 1. The summed E-state index contributed by atoms with van der Waals surface area (Å²) < 4.78 is 24.2. The molecule has 0 fully saturated rings. The van der Waals surface area contributed by atoms with E-state index in [1.807, 2.05) is 37.3 Å². The summed E-state index contributed by atoms with van der Waals surface area (Å²) in [7, 11) is 1.70. The number of nitrogens with zero attached hydrogens (tertiary/aromatic N) is 3. The second-order valence-corrected chi connectivity index (χ2v) is 12.5. The first-order chi connectivity index (χ1) is 25.7. The Kier molecular flexibility index (Phi) is 20.1. The fraction of sp³-hybridized carbons (Fsp3) is 0.487. The minimum atomic E-state index is -0.750. The minimum absolute atomic E-state index is 0.153. The van der Waals surface area contributed by atoms with Crippen LogP contribution in [-0.4, -0.2) is 103 Å². The molecule has 1 aromatic heterocycles. The van der Waals surface area contributed by atoms with Gasteiger partial charge in [0.05, 0.1) is 46.1 Å². The lowest BCUT2D eigenvalue weighted by molar-refractivity contribution is -0.373. The van der Waals surface area contributed by atoms with E-state index < -0.39 is 5.97 Å². The number of rotatable bonds is 27. The molecule has 0 saturated heterocycles. The molecule has 1 heterocycles. The number of carbonyl (C=O) groups is 2. The van der Waals surface area contributed by atoms with Gasteiger partial charge in [0, 0.05) is 37.1 Å². The van der Waals surface area contributed by atoms with E-state index in [1.165, 1.54) is 6.33 Å². The van der Waals surface area contributed by atoms with Gasteiger partial charge in [0.15, 0.2) is 0 Å². The van der Waals surface area contributed by atoms with Crippen molar-refractivity contribution in [1.29, 1.82) is 5.41 Å². The Morgan fingerprint density at radius 1 is 0.868 bits per heavy atom. The lowest BCUT2D eigenvalue weighted by atomic mass is 10.1. The van der Waals surface area contributed by atoms with Crippen LogP contribution >= 0.6 is 0 Å². The summed E-state index contributed by atoms with van der Waals surface area (Å²) in [6.07, 6.45) is 9.62. The smallest absolute Gasteiger partial charge is 0.303 e. The predicted octanol–water partition coefficient (Wildman–Crippen LogP) is 5.04. The van der Waals surface area contributed by atoms with Crippen molar-refractivity contribution < 1.29 is 38.2 Å². The van der Waals surface area contributed by atoms with Crippen molar-refractivity contribution in [2.45, 2.75) is 64.3 Å². The molecule has 0 aliphatic heterocycles. The zero-order valence-electron chi connectivity index (χ0n) is 31.1. The van der Waals surface area contributed by atoms with Crippen molar-refractivity contribution in [1.82, 2.24) is 15.3 Å². The lowest BCUT2D eigenvalue weighted by Gasteiger charge is -2.16. The Balaban J connectivity index is 1.25. The fourth-order valence-corrected chi connectivity index (χ4v) is 5.11. The van der Waals surface area contributed by atoms with Crippen LogP contribution in [0.25, 0.3) is 0 Å². The number of amides is 1. The van der Waals surface area contributed by atoms with Crippen molar-refractivity contribution in [2.75, 3.05) is 65.2 Å². The summed E-state index contributed by atoms with van der Waals surface area (Å²) in [5.41, 5.74) is 8.87. The first-order valence-corrected chi connectivity index (χ1v) is 18.3. The number of benzene rings is 2. The molecule has 6 N–H and O–H groups in total. The molecule has 0 saturated carbocycles. The quantitative estimate of drug-likeness (QED) is 0.0305. The van der Waals surface area contributed by atoms with Gasteiger partial charge in [-0.25, -0.2) is 14.5 Å². The fourth-order valence-electron chi connectivity index (χ4n) is 5.11. The third-order valence-electron chi connectivity index (χ3n) is 8.27.